The van der Waals surface area contributed by atoms with Crippen molar-refractivity contribution in [3.05, 3.63) is 36.2 Å². The lowest BCUT2D eigenvalue weighted by atomic mass is 10.0. The minimum atomic E-state index is -1.07. The molecule has 0 saturated heterocycles. The first kappa shape index (κ1) is 18.0. The number of carbonyl (C=O) groups is 1. The minimum absolute atomic E-state index is 0.252. The van der Waals surface area contributed by atoms with Gasteiger partial charge < -0.3 is 9.72 Å². The monoisotopic (exact) mass is 414 g/mol. The van der Waals surface area contributed by atoms with Crippen LogP contribution in [-0.2, 0) is 4.79 Å². The predicted octanol–water partition coefficient (Wildman–Crippen LogP) is 3.74. The van der Waals surface area contributed by atoms with Gasteiger partial charge in [0.15, 0.2) is 11.5 Å². The van der Waals surface area contributed by atoms with Crippen LogP contribution in [0.15, 0.2) is 29.7 Å². The van der Waals surface area contributed by atoms with Crippen molar-refractivity contribution in [1.82, 2.24) is 24.6 Å². The first-order chi connectivity index (χ1) is 14.0. The van der Waals surface area contributed by atoms with Gasteiger partial charge in [-0.25, -0.2) is 13.8 Å². The van der Waals surface area contributed by atoms with Crippen molar-refractivity contribution in [2.75, 3.05) is 11.6 Å². The van der Waals surface area contributed by atoms with Gasteiger partial charge in [-0.2, -0.15) is 5.10 Å². The molecule has 1 amide bonds. The number of alkyl halides is 1. The number of aromatic amines is 1. The van der Waals surface area contributed by atoms with Crippen LogP contribution in [0.4, 0.5) is 14.6 Å². The molecule has 3 aromatic heterocycles. The van der Waals surface area contributed by atoms with Gasteiger partial charge in [-0.3, -0.25) is 14.9 Å². The topological polar surface area (TPSA) is 88.0 Å². The summed E-state index contributed by atoms with van der Waals surface area (Å²) >= 11 is 1.32. The minimum Gasteiger partial charge on any atom is -0.309 e. The molecule has 3 heterocycles. The smallest absolute Gasteiger partial charge is 0.231 e. The molecule has 2 atom stereocenters. The zero-order valence-electron chi connectivity index (χ0n) is 15.5. The van der Waals surface area contributed by atoms with E-state index in [9.17, 15) is 13.6 Å². The number of carbonyl (C=O) groups excluding carboxylic acids is 1. The second kappa shape index (κ2) is 6.51. The summed E-state index contributed by atoms with van der Waals surface area (Å²) in [5.41, 5.74) is 2.81. The van der Waals surface area contributed by atoms with E-state index in [1.165, 1.54) is 11.8 Å². The maximum absolute atomic E-state index is 14.9. The van der Waals surface area contributed by atoms with Gasteiger partial charge in [0.25, 0.3) is 0 Å². The molecule has 1 aliphatic carbocycles. The van der Waals surface area contributed by atoms with Crippen LogP contribution in [0.25, 0.3) is 27.8 Å². The van der Waals surface area contributed by atoms with Gasteiger partial charge in [0.1, 0.15) is 12.0 Å². The Balaban J connectivity index is 1.58. The van der Waals surface area contributed by atoms with Crippen molar-refractivity contribution in [2.24, 2.45) is 5.92 Å². The summed E-state index contributed by atoms with van der Waals surface area (Å²) in [6, 6.07) is 0. The summed E-state index contributed by atoms with van der Waals surface area (Å²) in [5.74, 6) is -0.958. The Morgan fingerprint density at radius 1 is 1.38 bits per heavy atom. The Labute approximate surface area is 167 Å². The van der Waals surface area contributed by atoms with Gasteiger partial charge in [0.05, 0.1) is 40.6 Å². The van der Waals surface area contributed by atoms with Crippen LogP contribution in [0.1, 0.15) is 12.0 Å². The third kappa shape index (κ3) is 2.86. The molecule has 7 nitrogen and oxygen atoms in total. The van der Waals surface area contributed by atoms with Gasteiger partial charge in [0.2, 0.25) is 5.91 Å². The van der Waals surface area contributed by atoms with Crippen molar-refractivity contribution in [1.29, 1.82) is 0 Å². The molecule has 4 aromatic rings. The first-order valence-corrected chi connectivity index (χ1v) is 10.2. The lowest BCUT2D eigenvalue weighted by Gasteiger charge is -2.12. The Morgan fingerprint density at radius 3 is 2.90 bits per heavy atom. The molecule has 1 aliphatic rings. The van der Waals surface area contributed by atoms with Crippen molar-refractivity contribution in [3.8, 4) is 11.3 Å². The lowest BCUT2D eigenvalue weighted by molar-refractivity contribution is -0.117. The van der Waals surface area contributed by atoms with E-state index in [1.54, 1.807) is 36.1 Å². The second-order valence-electron chi connectivity index (χ2n) is 7.02. The van der Waals surface area contributed by atoms with E-state index in [2.05, 4.69) is 25.5 Å². The second-order valence-corrected chi connectivity index (χ2v) is 7.83. The Morgan fingerprint density at radius 2 is 2.17 bits per heavy atom. The van der Waals surface area contributed by atoms with Crippen molar-refractivity contribution in [2.45, 2.75) is 24.4 Å². The number of hydrogen-bond donors (Lipinski definition) is 2. The normalized spacial score (nSPS) is 18.5. The molecular weight excluding hydrogens is 398 g/mol. The number of nitrogens with one attached hydrogen (secondary N) is 2. The number of amides is 1. The number of H-pyrrole nitrogens is 1. The summed E-state index contributed by atoms with van der Waals surface area (Å²) in [6.45, 7) is 1.71. The summed E-state index contributed by atoms with van der Waals surface area (Å²) in [4.78, 5) is 21.2. The fourth-order valence-electron chi connectivity index (χ4n) is 3.51. The van der Waals surface area contributed by atoms with Gasteiger partial charge in [-0.15, -0.1) is 11.8 Å². The fourth-order valence-corrected chi connectivity index (χ4v) is 4.20. The number of aromatic nitrogens is 5. The third-order valence-electron chi connectivity index (χ3n) is 5.14. The molecule has 2 unspecified atom stereocenters. The van der Waals surface area contributed by atoms with Gasteiger partial charge in [-0.1, -0.05) is 0 Å². The fraction of sp³-hybridized carbons (Fsp3) is 0.263. The highest BCUT2D eigenvalue weighted by Gasteiger charge is 2.43. The SMILES string of the molecule is CSc1c(F)c(C)c(-c2cn3cc(NC(=O)C4CC4F)nc3cn2)c2cn[nH]c12. The van der Waals surface area contributed by atoms with Crippen molar-refractivity contribution in [3.63, 3.8) is 0 Å². The van der Waals surface area contributed by atoms with Gasteiger partial charge in [-0.05, 0) is 25.2 Å². The van der Waals surface area contributed by atoms with Crippen molar-refractivity contribution >= 4 is 40.0 Å². The molecule has 1 fully saturated rings. The Hall–Kier alpha value is -3.01. The quantitative estimate of drug-likeness (QED) is 0.497. The van der Waals surface area contributed by atoms with Crippen LogP contribution < -0.4 is 5.32 Å². The number of anilines is 1. The molecule has 5 rings (SSSR count). The van der Waals surface area contributed by atoms with Crippen LogP contribution in [-0.4, -0.2) is 42.9 Å². The van der Waals surface area contributed by atoms with E-state index >= 15 is 0 Å². The van der Waals surface area contributed by atoms with Crippen molar-refractivity contribution < 1.29 is 13.6 Å². The van der Waals surface area contributed by atoms with E-state index in [-0.39, 0.29) is 18.1 Å². The van der Waals surface area contributed by atoms with Crippen LogP contribution in [0.2, 0.25) is 0 Å². The number of thioether (sulfide) groups is 1. The van der Waals surface area contributed by atoms with E-state index in [0.29, 0.717) is 38.7 Å². The lowest BCUT2D eigenvalue weighted by Crippen LogP contribution is -2.15. The molecule has 1 aromatic carbocycles. The average Bonchev–Trinajstić information content (AvgIpc) is 3.08. The van der Waals surface area contributed by atoms with Crippen LogP contribution in [0.3, 0.4) is 0 Å². The Bertz CT molecular complexity index is 1280. The highest BCUT2D eigenvalue weighted by molar-refractivity contribution is 7.98. The third-order valence-corrected chi connectivity index (χ3v) is 5.93. The molecule has 2 N–H and O–H groups in total. The molecule has 0 radical (unpaired) electrons. The zero-order chi connectivity index (χ0) is 20.3. The number of rotatable bonds is 4. The maximum Gasteiger partial charge on any atom is 0.231 e. The first-order valence-electron chi connectivity index (χ1n) is 8.97. The molecule has 29 heavy (non-hydrogen) atoms. The van der Waals surface area contributed by atoms with Crippen LogP contribution in [0.5, 0.6) is 0 Å². The number of nitrogens with zero attached hydrogens (tertiary/aromatic N) is 4. The van der Waals surface area contributed by atoms with Crippen LogP contribution >= 0.6 is 11.8 Å². The van der Waals surface area contributed by atoms with E-state index < -0.39 is 12.1 Å². The summed E-state index contributed by atoms with van der Waals surface area (Å²) < 4.78 is 29.7. The van der Waals surface area contributed by atoms with Gasteiger partial charge in [0, 0.05) is 17.1 Å². The maximum atomic E-state index is 14.9. The molecule has 148 valence electrons. The summed E-state index contributed by atoms with van der Waals surface area (Å²) in [6.07, 6.45) is 7.55. The van der Waals surface area contributed by atoms with E-state index in [1.807, 2.05) is 6.26 Å². The van der Waals surface area contributed by atoms with Crippen LogP contribution in [0, 0.1) is 18.7 Å². The highest BCUT2D eigenvalue weighted by Crippen LogP contribution is 2.38. The molecule has 1 saturated carbocycles. The number of fused-ring (bicyclic) bond motifs is 2. The molecular formula is C19H16F2N6OS. The van der Waals surface area contributed by atoms with E-state index in [4.69, 9.17) is 0 Å². The molecule has 0 spiro atoms. The molecule has 0 aliphatic heterocycles. The molecule has 0 bridgehead atoms. The summed E-state index contributed by atoms with van der Waals surface area (Å²) in [5, 5.41) is 10.3. The number of hydrogen-bond acceptors (Lipinski definition) is 5. The number of halogens is 2. The average molecular weight is 414 g/mol. The Kier molecular flexibility index (Phi) is 4.05. The van der Waals surface area contributed by atoms with Gasteiger partial charge >= 0.3 is 0 Å². The van der Waals surface area contributed by atoms with E-state index in [0.717, 1.165) is 5.39 Å². The number of benzene rings is 1. The summed E-state index contributed by atoms with van der Waals surface area (Å²) in [7, 11) is 0. The number of imidazole rings is 1. The predicted molar refractivity (Wildman–Crippen MR) is 106 cm³/mol. The standard InChI is InChI=1S/C19H16F2N6OS/c1-8-15(10-4-23-26-17(10)18(29-2)16(8)21)12-6-27-7-13(24-14(27)5-22-12)25-19(28)9-3-11(9)20/h4-7,9,11H,3H2,1-2H3,(H,23,26)(H,25,28). The largest absolute Gasteiger partial charge is 0.309 e. The highest BCUT2D eigenvalue weighted by atomic mass is 32.2. The molecule has 10 heteroatoms. The zero-order valence-corrected chi connectivity index (χ0v) is 16.3.